The third kappa shape index (κ3) is 2.93. The van der Waals surface area contributed by atoms with Crippen LogP contribution in [0.1, 0.15) is 0 Å². The Labute approximate surface area is 139 Å². The number of carboxylic acid groups (broad SMARTS) is 1. The topological polar surface area (TPSA) is 97.1 Å². The van der Waals surface area contributed by atoms with E-state index in [1.165, 1.54) is 30.0 Å². The van der Waals surface area contributed by atoms with Gasteiger partial charge in [-0.1, -0.05) is 11.8 Å². The maximum absolute atomic E-state index is 14.3. The van der Waals surface area contributed by atoms with Crippen LogP contribution in [0.5, 0.6) is 0 Å². The van der Waals surface area contributed by atoms with Crippen LogP contribution in [0.25, 0.3) is 16.7 Å². The Morgan fingerprint density at radius 2 is 2.12 bits per heavy atom. The average Bonchev–Trinajstić information content (AvgIpc) is 2.56. The van der Waals surface area contributed by atoms with Crippen LogP contribution in [0.15, 0.2) is 46.5 Å². The molecule has 3 aromatic rings. The number of thioether (sulfide) groups is 1. The van der Waals surface area contributed by atoms with Gasteiger partial charge in [-0.25, -0.2) is 19.2 Å². The zero-order valence-corrected chi connectivity index (χ0v) is 13.2. The van der Waals surface area contributed by atoms with Gasteiger partial charge in [-0.2, -0.15) is 0 Å². The summed E-state index contributed by atoms with van der Waals surface area (Å²) in [6, 6.07) is 6.43. The maximum Gasteiger partial charge on any atom is 0.409 e. The summed E-state index contributed by atoms with van der Waals surface area (Å²) in [5.74, 6) is -0.676. The monoisotopic (exact) mass is 346 g/mol. The van der Waals surface area contributed by atoms with Gasteiger partial charge in [0.05, 0.1) is 5.69 Å². The van der Waals surface area contributed by atoms with E-state index < -0.39 is 17.5 Å². The van der Waals surface area contributed by atoms with Crippen LogP contribution in [0.4, 0.5) is 14.9 Å². The third-order valence-electron chi connectivity index (χ3n) is 3.23. The molecule has 0 fully saturated rings. The van der Waals surface area contributed by atoms with E-state index in [0.717, 1.165) is 10.6 Å². The van der Waals surface area contributed by atoms with E-state index in [1.54, 1.807) is 18.5 Å². The number of hydrogen-bond donors (Lipinski definition) is 2. The van der Waals surface area contributed by atoms with Gasteiger partial charge in [0.25, 0.3) is 5.56 Å². The predicted octanol–water partition coefficient (Wildman–Crippen LogP) is 2.73. The quantitative estimate of drug-likeness (QED) is 0.559. The van der Waals surface area contributed by atoms with Crippen LogP contribution < -0.4 is 10.9 Å². The largest absolute Gasteiger partial charge is 0.465 e. The van der Waals surface area contributed by atoms with Crippen LogP contribution in [0.2, 0.25) is 0 Å². The van der Waals surface area contributed by atoms with Crippen molar-refractivity contribution in [1.29, 1.82) is 0 Å². The van der Waals surface area contributed by atoms with Crippen LogP contribution in [0.3, 0.4) is 0 Å². The lowest BCUT2D eigenvalue weighted by Gasteiger charge is -2.12. The van der Waals surface area contributed by atoms with Crippen molar-refractivity contribution in [1.82, 2.24) is 14.5 Å². The molecule has 1 amide bonds. The number of anilines is 1. The molecule has 2 aromatic heterocycles. The number of halogens is 1. The number of nitrogens with zero attached hydrogens (tertiary/aromatic N) is 3. The van der Waals surface area contributed by atoms with Crippen molar-refractivity contribution in [2.45, 2.75) is 5.16 Å². The van der Waals surface area contributed by atoms with Gasteiger partial charge in [0.2, 0.25) is 0 Å². The fourth-order valence-electron chi connectivity index (χ4n) is 2.22. The second-order valence-corrected chi connectivity index (χ2v) is 5.51. The number of carbonyl (C=O) groups is 1. The van der Waals surface area contributed by atoms with E-state index in [9.17, 15) is 14.0 Å². The molecular weight excluding hydrogens is 335 g/mol. The molecule has 0 saturated heterocycles. The van der Waals surface area contributed by atoms with Crippen LogP contribution in [0, 0.1) is 5.82 Å². The maximum atomic E-state index is 14.3. The van der Waals surface area contributed by atoms with Crippen LogP contribution in [-0.2, 0) is 0 Å². The molecule has 0 spiro atoms. The second-order valence-electron chi connectivity index (χ2n) is 4.74. The molecule has 0 atom stereocenters. The van der Waals surface area contributed by atoms with Gasteiger partial charge in [0.1, 0.15) is 5.82 Å². The molecule has 0 aliphatic heterocycles. The molecule has 0 aliphatic rings. The molecule has 2 N–H and O–H groups in total. The van der Waals surface area contributed by atoms with Gasteiger partial charge in [-0.3, -0.25) is 14.7 Å². The summed E-state index contributed by atoms with van der Waals surface area (Å²) in [5, 5.41) is 11.9. The molecule has 0 bridgehead atoms. The Balaban J connectivity index is 2.30. The standard InChI is InChI=1S/C15H11FN4O3S/c1-24-14-17-7-8-2-5-12(21)20(13(8)19-14)11-6-9(18-15(22)23)3-4-10(11)16/h2-7,18H,1H3,(H,22,23). The van der Waals surface area contributed by atoms with Crippen molar-refractivity contribution in [3.63, 3.8) is 0 Å². The summed E-state index contributed by atoms with van der Waals surface area (Å²) >= 11 is 1.29. The Morgan fingerprint density at radius 3 is 2.83 bits per heavy atom. The average molecular weight is 346 g/mol. The molecular formula is C15H11FN4O3S. The number of pyridine rings is 1. The molecule has 0 radical (unpaired) electrons. The molecule has 0 unspecified atom stereocenters. The summed E-state index contributed by atoms with van der Waals surface area (Å²) in [4.78, 5) is 31.5. The third-order valence-corrected chi connectivity index (χ3v) is 3.79. The van der Waals surface area contributed by atoms with Crippen molar-refractivity contribution in [3.8, 4) is 5.69 Å². The summed E-state index contributed by atoms with van der Waals surface area (Å²) in [6.45, 7) is 0. The smallest absolute Gasteiger partial charge is 0.409 e. The number of aromatic nitrogens is 3. The lowest BCUT2D eigenvalue weighted by Crippen LogP contribution is -2.20. The van der Waals surface area contributed by atoms with Crippen LogP contribution in [-0.4, -0.2) is 32.0 Å². The number of hydrogen-bond acceptors (Lipinski definition) is 5. The van der Waals surface area contributed by atoms with E-state index in [4.69, 9.17) is 5.11 Å². The molecule has 3 rings (SSSR count). The van der Waals surface area contributed by atoms with Crippen molar-refractivity contribution in [3.05, 3.63) is 52.7 Å². The Morgan fingerprint density at radius 1 is 1.33 bits per heavy atom. The van der Waals surface area contributed by atoms with Crippen LogP contribution >= 0.6 is 11.8 Å². The summed E-state index contributed by atoms with van der Waals surface area (Å²) < 4.78 is 15.4. The zero-order chi connectivity index (χ0) is 17.3. The van der Waals surface area contributed by atoms with E-state index in [1.807, 2.05) is 0 Å². The molecule has 7 nitrogen and oxygen atoms in total. The molecule has 122 valence electrons. The normalized spacial score (nSPS) is 10.8. The summed E-state index contributed by atoms with van der Waals surface area (Å²) in [7, 11) is 0. The molecule has 2 heterocycles. The SMILES string of the molecule is CSc1ncc2ccc(=O)n(-c3cc(NC(=O)O)ccc3F)c2n1. The number of nitrogens with one attached hydrogen (secondary N) is 1. The fourth-order valence-corrected chi connectivity index (χ4v) is 2.56. The highest BCUT2D eigenvalue weighted by Gasteiger charge is 2.13. The predicted molar refractivity (Wildman–Crippen MR) is 88.5 cm³/mol. The first kappa shape index (κ1) is 15.9. The highest BCUT2D eigenvalue weighted by atomic mass is 32.2. The van der Waals surface area contributed by atoms with Gasteiger partial charge in [-0.05, 0) is 30.5 Å². The van der Waals surface area contributed by atoms with Gasteiger partial charge < -0.3 is 5.11 Å². The lowest BCUT2D eigenvalue weighted by molar-refractivity contribution is 0.209. The molecule has 24 heavy (non-hydrogen) atoms. The van der Waals surface area contributed by atoms with Gasteiger partial charge >= 0.3 is 6.09 Å². The lowest BCUT2D eigenvalue weighted by atomic mass is 10.2. The minimum Gasteiger partial charge on any atom is -0.465 e. The van der Waals surface area contributed by atoms with Crippen molar-refractivity contribution in [2.75, 3.05) is 11.6 Å². The minimum absolute atomic E-state index is 0.0948. The molecule has 1 aromatic carbocycles. The van der Waals surface area contributed by atoms with Gasteiger partial charge in [-0.15, -0.1) is 0 Å². The minimum atomic E-state index is -1.29. The van der Waals surface area contributed by atoms with E-state index in [0.29, 0.717) is 10.5 Å². The first-order valence-electron chi connectivity index (χ1n) is 6.72. The van der Waals surface area contributed by atoms with Crippen molar-refractivity contribution in [2.24, 2.45) is 0 Å². The van der Waals surface area contributed by atoms with E-state index in [-0.39, 0.29) is 17.0 Å². The first-order valence-corrected chi connectivity index (χ1v) is 7.95. The summed E-state index contributed by atoms with van der Waals surface area (Å²) in [6.07, 6.45) is 2.04. The number of rotatable bonds is 3. The van der Waals surface area contributed by atoms with Crippen molar-refractivity contribution < 1.29 is 14.3 Å². The van der Waals surface area contributed by atoms with E-state index >= 15 is 0 Å². The highest BCUT2D eigenvalue weighted by Crippen LogP contribution is 2.22. The first-order chi connectivity index (χ1) is 11.5. The van der Waals surface area contributed by atoms with Crippen molar-refractivity contribution >= 4 is 34.6 Å². The Bertz CT molecular complexity index is 1010. The summed E-state index contributed by atoms with van der Waals surface area (Å²) in [5.41, 5.74) is -0.197. The second kappa shape index (κ2) is 6.28. The number of amides is 1. The Kier molecular flexibility index (Phi) is 4.17. The zero-order valence-electron chi connectivity index (χ0n) is 12.4. The van der Waals surface area contributed by atoms with Gasteiger partial charge in [0, 0.05) is 23.3 Å². The fraction of sp³-hybridized carbons (Fsp3) is 0.0667. The van der Waals surface area contributed by atoms with E-state index in [2.05, 4.69) is 15.3 Å². The number of benzene rings is 1. The molecule has 9 heteroatoms. The molecule has 0 aliphatic carbocycles. The Hall–Kier alpha value is -2.94. The highest BCUT2D eigenvalue weighted by molar-refractivity contribution is 7.98. The molecule has 0 saturated carbocycles. The van der Waals surface area contributed by atoms with Gasteiger partial charge in [0.15, 0.2) is 10.8 Å². The number of fused-ring (bicyclic) bond motifs is 1.